The predicted octanol–water partition coefficient (Wildman–Crippen LogP) is 2.59. The number of methoxy groups -OCH3 is 1. The van der Waals surface area contributed by atoms with Gasteiger partial charge in [0.1, 0.15) is 11.5 Å². The van der Waals surface area contributed by atoms with Gasteiger partial charge in [0.05, 0.1) is 13.5 Å². The molecule has 0 N–H and O–H groups in total. The SMILES string of the molecule is COc1ccc([C@@H]2CC(=O)OC(C)=C2C(C)=O)cc1. The van der Waals surface area contributed by atoms with Crippen molar-refractivity contribution < 1.29 is 19.1 Å². The summed E-state index contributed by atoms with van der Waals surface area (Å²) < 4.78 is 10.2. The van der Waals surface area contributed by atoms with Gasteiger partial charge in [-0.25, -0.2) is 0 Å². The lowest BCUT2D eigenvalue weighted by Crippen LogP contribution is -2.23. The van der Waals surface area contributed by atoms with Crippen LogP contribution in [0, 0.1) is 0 Å². The highest BCUT2D eigenvalue weighted by Gasteiger charge is 2.31. The summed E-state index contributed by atoms with van der Waals surface area (Å²) in [5, 5.41) is 0. The minimum atomic E-state index is -0.302. The molecule has 0 saturated heterocycles. The van der Waals surface area contributed by atoms with Crippen LogP contribution >= 0.6 is 0 Å². The van der Waals surface area contributed by atoms with Crippen LogP contribution < -0.4 is 4.74 Å². The summed E-state index contributed by atoms with van der Waals surface area (Å²) >= 11 is 0. The zero-order valence-electron chi connectivity index (χ0n) is 11.2. The zero-order chi connectivity index (χ0) is 14.0. The van der Waals surface area contributed by atoms with Crippen LogP contribution in [0.5, 0.6) is 5.75 Å². The van der Waals surface area contributed by atoms with E-state index in [1.165, 1.54) is 6.92 Å². The molecule has 0 radical (unpaired) electrons. The van der Waals surface area contributed by atoms with Gasteiger partial charge in [-0.15, -0.1) is 0 Å². The topological polar surface area (TPSA) is 52.6 Å². The summed E-state index contributed by atoms with van der Waals surface area (Å²) in [7, 11) is 1.60. The second-order valence-corrected chi connectivity index (χ2v) is 4.53. The van der Waals surface area contributed by atoms with E-state index in [0.29, 0.717) is 11.3 Å². The van der Waals surface area contributed by atoms with E-state index < -0.39 is 0 Å². The highest BCUT2D eigenvalue weighted by Crippen LogP contribution is 2.35. The number of ketones is 1. The number of carbonyl (C=O) groups is 2. The highest BCUT2D eigenvalue weighted by molar-refractivity contribution is 5.97. The molecule has 19 heavy (non-hydrogen) atoms. The molecule has 2 rings (SSSR count). The summed E-state index contributed by atoms with van der Waals surface area (Å²) in [6.45, 7) is 3.15. The molecule has 0 saturated carbocycles. The number of esters is 1. The normalized spacial score (nSPS) is 19.1. The Hall–Kier alpha value is -2.10. The number of hydrogen-bond donors (Lipinski definition) is 0. The first-order valence-corrected chi connectivity index (χ1v) is 6.09. The summed E-state index contributed by atoms with van der Waals surface area (Å²) in [4.78, 5) is 23.3. The van der Waals surface area contributed by atoms with Crippen molar-refractivity contribution in [2.45, 2.75) is 26.2 Å². The molecule has 0 fully saturated rings. The van der Waals surface area contributed by atoms with Gasteiger partial charge in [-0.3, -0.25) is 9.59 Å². The fourth-order valence-corrected chi connectivity index (χ4v) is 2.40. The molecule has 1 aliphatic rings. The minimum Gasteiger partial charge on any atom is -0.497 e. The quantitative estimate of drug-likeness (QED) is 0.784. The van der Waals surface area contributed by atoms with Gasteiger partial charge in [-0.1, -0.05) is 12.1 Å². The van der Waals surface area contributed by atoms with Crippen LogP contribution in [-0.4, -0.2) is 18.9 Å². The maximum Gasteiger partial charge on any atom is 0.311 e. The van der Waals surface area contributed by atoms with Crippen LogP contribution in [0.2, 0.25) is 0 Å². The molecule has 1 heterocycles. The standard InChI is InChI=1S/C15H16O4/c1-9(16)15-10(2)19-14(17)8-13(15)11-4-6-12(18-3)7-5-11/h4-7,13H,8H2,1-3H3/t13-/m0/s1. The molecule has 0 spiro atoms. The van der Waals surface area contributed by atoms with Crippen LogP contribution in [0.3, 0.4) is 0 Å². The monoisotopic (exact) mass is 260 g/mol. The third-order valence-electron chi connectivity index (χ3n) is 3.26. The van der Waals surface area contributed by atoms with Gasteiger partial charge in [-0.2, -0.15) is 0 Å². The molecule has 0 aromatic heterocycles. The molecular weight excluding hydrogens is 244 g/mol. The molecule has 100 valence electrons. The van der Waals surface area contributed by atoms with Crippen LogP contribution in [0.1, 0.15) is 31.7 Å². The number of rotatable bonds is 3. The van der Waals surface area contributed by atoms with Gasteiger partial charge in [0.2, 0.25) is 0 Å². The Kier molecular flexibility index (Phi) is 3.69. The average Bonchev–Trinajstić information content (AvgIpc) is 2.37. The number of Topliss-reactive ketones (excluding diaryl/α,β-unsaturated/α-hetero) is 1. The average molecular weight is 260 g/mol. The van der Waals surface area contributed by atoms with Crippen LogP contribution in [0.4, 0.5) is 0 Å². The first-order chi connectivity index (χ1) is 9.02. The maximum absolute atomic E-state index is 11.7. The van der Waals surface area contributed by atoms with Gasteiger partial charge in [0.15, 0.2) is 5.78 Å². The Morgan fingerprint density at radius 1 is 1.32 bits per heavy atom. The molecule has 0 unspecified atom stereocenters. The number of benzene rings is 1. The number of ether oxygens (including phenoxy) is 2. The Labute approximate surface area is 112 Å². The fourth-order valence-electron chi connectivity index (χ4n) is 2.40. The molecule has 4 heteroatoms. The van der Waals surface area contributed by atoms with E-state index in [1.807, 2.05) is 24.3 Å². The zero-order valence-corrected chi connectivity index (χ0v) is 11.2. The van der Waals surface area contributed by atoms with E-state index in [2.05, 4.69) is 0 Å². The van der Waals surface area contributed by atoms with E-state index in [9.17, 15) is 9.59 Å². The van der Waals surface area contributed by atoms with E-state index in [0.717, 1.165) is 11.3 Å². The number of hydrogen-bond acceptors (Lipinski definition) is 4. The number of carbonyl (C=O) groups excluding carboxylic acids is 2. The van der Waals surface area contributed by atoms with Crippen LogP contribution in [0.25, 0.3) is 0 Å². The Morgan fingerprint density at radius 2 is 1.95 bits per heavy atom. The Bertz CT molecular complexity index is 540. The first kappa shape index (κ1) is 13.3. The Balaban J connectivity index is 2.42. The lowest BCUT2D eigenvalue weighted by Gasteiger charge is -2.25. The molecule has 0 bridgehead atoms. The van der Waals surface area contributed by atoms with Gasteiger partial charge >= 0.3 is 5.97 Å². The van der Waals surface area contributed by atoms with Crippen molar-refractivity contribution in [2.75, 3.05) is 7.11 Å². The number of allylic oxidation sites excluding steroid dienone is 2. The summed E-state index contributed by atoms with van der Waals surface area (Å²) in [5.74, 6) is 0.551. The molecule has 0 amide bonds. The predicted molar refractivity (Wildman–Crippen MR) is 69.8 cm³/mol. The van der Waals surface area contributed by atoms with Crippen molar-refractivity contribution in [2.24, 2.45) is 0 Å². The molecule has 0 aliphatic carbocycles. The summed E-state index contributed by atoms with van der Waals surface area (Å²) in [6, 6.07) is 7.39. The molecular formula is C15H16O4. The fraction of sp³-hybridized carbons (Fsp3) is 0.333. The summed E-state index contributed by atoms with van der Waals surface area (Å²) in [6.07, 6.45) is 0.193. The van der Waals surface area contributed by atoms with E-state index in [-0.39, 0.29) is 24.1 Å². The maximum atomic E-state index is 11.7. The molecule has 1 aromatic rings. The van der Waals surface area contributed by atoms with Crippen LogP contribution in [-0.2, 0) is 14.3 Å². The lowest BCUT2D eigenvalue weighted by molar-refractivity contribution is -0.141. The van der Waals surface area contributed by atoms with E-state index >= 15 is 0 Å². The van der Waals surface area contributed by atoms with Gasteiger partial charge in [0.25, 0.3) is 0 Å². The van der Waals surface area contributed by atoms with Crippen molar-refractivity contribution in [1.82, 2.24) is 0 Å². The number of cyclic esters (lactones) is 1. The molecule has 1 atom stereocenters. The van der Waals surface area contributed by atoms with Crippen molar-refractivity contribution in [3.8, 4) is 5.75 Å². The molecule has 1 aromatic carbocycles. The van der Waals surface area contributed by atoms with Crippen molar-refractivity contribution >= 4 is 11.8 Å². The highest BCUT2D eigenvalue weighted by atomic mass is 16.5. The van der Waals surface area contributed by atoms with Crippen molar-refractivity contribution in [1.29, 1.82) is 0 Å². The first-order valence-electron chi connectivity index (χ1n) is 6.09. The van der Waals surface area contributed by atoms with Crippen molar-refractivity contribution in [3.05, 3.63) is 41.2 Å². The van der Waals surface area contributed by atoms with E-state index in [1.54, 1.807) is 14.0 Å². The largest absolute Gasteiger partial charge is 0.497 e. The van der Waals surface area contributed by atoms with Crippen molar-refractivity contribution in [3.63, 3.8) is 0 Å². The van der Waals surface area contributed by atoms with Gasteiger partial charge < -0.3 is 9.47 Å². The molecule has 1 aliphatic heterocycles. The van der Waals surface area contributed by atoms with Gasteiger partial charge in [-0.05, 0) is 31.5 Å². The summed E-state index contributed by atoms with van der Waals surface area (Å²) in [5.41, 5.74) is 1.49. The third kappa shape index (κ3) is 2.67. The molecule has 4 nitrogen and oxygen atoms in total. The second kappa shape index (κ2) is 5.26. The van der Waals surface area contributed by atoms with Gasteiger partial charge in [0, 0.05) is 11.5 Å². The van der Waals surface area contributed by atoms with E-state index in [4.69, 9.17) is 9.47 Å². The minimum absolute atomic E-state index is 0.0641. The second-order valence-electron chi connectivity index (χ2n) is 4.53. The Morgan fingerprint density at radius 3 is 2.47 bits per heavy atom. The third-order valence-corrected chi connectivity index (χ3v) is 3.26. The lowest BCUT2D eigenvalue weighted by atomic mass is 9.84. The smallest absolute Gasteiger partial charge is 0.311 e. The van der Waals surface area contributed by atoms with Crippen LogP contribution in [0.15, 0.2) is 35.6 Å².